The predicted molar refractivity (Wildman–Crippen MR) is 85.5 cm³/mol. The molecule has 2 aromatic rings. The number of hydrogen-bond acceptors (Lipinski definition) is 2. The average Bonchev–Trinajstić information content (AvgIpc) is 2.48. The van der Waals surface area contributed by atoms with Crippen LogP contribution in [0.25, 0.3) is 0 Å². The Morgan fingerprint density at radius 1 is 0.950 bits per heavy atom. The lowest BCUT2D eigenvalue weighted by atomic mass is 10.0. The summed E-state index contributed by atoms with van der Waals surface area (Å²) < 4.78 is 0. The molecule has 0 atom stereocenters. The molecule has 0 spiro atoms. The van der Waals surface area contributed by atoms with Gasteiger partial charge in [0.1, 0.15) is 0 Å². The number of hydrogen-bond donors (Lipinski definition) is 2. The molecular weight excluding hydrogens is 244 g/mol. The van der Waals surface area contributed by atoms with Crippen LogP contribution in [0.3, 0.4) is 0 Å². The minimum absolute atomic E-state index is 0.729. The van der Waals surface area contributed by atoms with Crippen molar-refractivity contribution in [2.45, 2.75) is 12.8 Å². The molecule has 2 aromatic carbocycles. The molecule has 3 N–H and O–H groups in total. The molecule has 0 radical (unpaired) electrons. The Hall–Kier alpha value is -2.24. The number of benzene rings is 2. The Kier molecular flexibility index (Phi) is 5.23. The van der Waals surface area contributed by atoms with Crippen molar-refractivity contribution >= 4 is 5.69 Å². The van der Waals surface area contributed by atoms with Crippen molar-refractivity contribution in [1.29, 1.82) is 0 Å². The van der Waals surface area contributed by atoms with Gasteiger partial charge in [0.05, 0.1) is 0 Å². The number of aryl methyl sites for hydroxylation is 1. The quantitative estimate of drug-likeness (QED) is 0.506. The summed E-state index contributed by atoms with van der Waals surface area (Å²) in [5, 5.41) is 3.17. The number of para-hydroxylation sites is 1. The minimum Gasteiger partial charge on any atom is -0.398 e. The lowest BCUT2D eigenvalue weighted by Crippen LogP contribution is -2.08. The number of nitrogens with two attached hydrogens (primary N) is 1. The van der Waals surface area contributed by atoms with E-state index in [-0.39, 0.29) is 0 Å². The zero-order valence-electron chi connectivity index (χ0n) is 11.8. The Bertz CT molecular complexity index is 621. The highest BCUT2D eigenvalue weighted by Gasteiger charge is 1.99. The maximum Gasteiger partial charge on any atom is 0.0478 e. The zero-order chi connectivity index (χ0) is 14.2. The van der Waals surface area contributed by atoms with E-state index in [2.05, 4.69) is 35.4 Å². The van der Waals surface area contributed by atoms with Gasteiger partial charge in [-0.15, -0.1) is 0 Å². The standard InChI is InChI=1S/C18H20N2/c1-20-14-6-10-15-7-2-3-8-16(15)12-13-17-9-4-5-11-18(17)19/h2-5,7-9,11,20H,6,10,14,19H2,1H3. The molecule has 2 rings (SSSR count). The van der Waals surface area contributed by atoms with Crippen LogP contribution >= 0.6 is 0 Å². The second-order valence-electron chi connectivity index (χ2n) is 4.70. The van der Waals surface area contributed by atoms with Crippen LogP contribution in [-0.2, 0) is 6.42 Å². The van der Waals surface area contributed by atoms with Crippen molar-refractivity contribution in [1.82, 2.24) is 5.32 Å². The summed E-state index contributed by atoms with van der Waals surface area (Å²) in [5.41, 5.74) is 9.91. The molecule has 2 nitrogen and oxygen atoms in total. The van der Waals surface area contributed by atoms with Gasteiger partial charge in [-0.25, -0.2) is 0 Å². The molecule has 2 heteroatoms. The normalized spacial score (nSPS) is 9.85. The maximum absolute atomic E-state index is 5.91. The second kappa shape index (κ2) is 7.37. The van der Waals surface area contributed by atoms with E-state index in [0.29, 0.717) is 0 Å². The van der Waals surface area contributed by atoms with E-state index in [4.69, 9.17) is 5.73 Å². The fourth-order valence-corrected chi connectivity index (χ4v) is 2.06. The summed E-state index contributed by atoms with van der Waals surface area (Å²) in [6.45, 7) is 1.02. The van der Waals surface area contributed by atoms with Crippen molar-refractivity contribution < 1.29 is 0 Å². The molecule has 0 aromatic heterocycles. The van der Waals surface area contributed by atoms with Gasteiger partial charge in [0.25, 0.3) is 0 Å². The largest absolute Gasteiger partial charge is 0.398 e. The average molecular weight is 264 g/mol. The molecule has 0 unspecified atom stereocenters. The van der Waals surface area contributed by atoms with Gasteiger partial charge >= 0.3 is 0 Å². The summed E-state index contributed by atoms with van der Waals surface area (Å²) in [5.74, 6) is 6.42. The van der Waals surface area contributed by atoms with Crippen LogP contribution in [0.5, 0.6) is 0 Å². The smallest absolute Gasteiger partial charge is 0.0478 e. The Morgan fingerprint density at radius 3 is 2.35 bits per heavy atom. The first-order chi connectivity index (χ1) is 9.81. The van der Waals surface area contributed by atoms with E-state index in [9.17, 15) is 0 Å². The topological polar surface area (TPSA) is 38.0 Å². The van der Waals surface area contributed by atoms with E-state index in [1.807, 2.05) is 37.4 Å². The molecule has 20 heavy (non-hydrogen) atoms. The van der Waals surface area contributed by atoms with Crippen molar-refractivity contribution in [3.8, 4) is 11.8 Å². The molecule has 0 bridgehead atoms. The van der Waals surface area contributed by atoms with E-state index < -0.39 is 0 Å². The van der Waals surface area contributed by atoms with Gasteiger partial charge in [-0.1, -0.05) is 42.2 Å². The second-order valence-corrected chi connectivity index (χ2v) is 4.70. The number of nitrogens with one attached hydrogen (secondary N) is 1. The molecule has 0 aliphatic heterocycles. The van der Waals surface area contributed by atoms with Gasteiger partial charge in [0.2, 0.25) is 0 Å². The van der Waals surface area contributed by atoms with Gasteiger partial charge in [0, 0.05) is 16.8 Å². The fraction of sp³-hybridized carbons (Fsp3) is 0.222. The van der Waals surface area contributed by atoms with Crippen LogP contribution in [-0.4, -0.2) is 13.6 Å². The molecule has 0 aliphatic rings. The van der Waals surface area contributed by atoms with E-state index in [1.54, 1.807) is 0 Å². The summed E-state index contributed by atoms with van der Waals surface area (Å²) in [4.78, 5) is 0. The van der Waals surface area contributed by atoms with Gasteiger partial charge < -0.3 is 11.1 Å². The predicted octanol–water partition coefficient (Wildman–Crippen LogP) is 2.82. The third-order valence-corrected chi connectivity index (χ3v) is 3.18. The maximum atomic E-state index is 5.91. The molecule has 0 saturated heterocycles. The van der Waals surface area contributed by atoms with Crippen LogP contribution in [0.1, 0.15) is 23.1 Å². The van der Waals surface area contributed by atoms with Crippen molar-refractivity contribution in [3.05, 3.63) is 65.2 Å². The molecular formula is C18H20N2. The summed E-state index contributed by atoms with van der Waals surface area (Å²) >= 11 is 0. The minimum atomic E-state index is 0.729. The van der Waals surface area contributed by atoms with Crippen LogP contribution in [0.4, 0.5) is 5.69 Å². The first kappa shape index (κ1) is 14.2. The summed E-state index contributed by atoms with van der Waals surface area (Å²) in [6, 6.07) is 16.0. The van der Waals surface area contributed by atoms with Crippen LogP contribution in [0.2, 0.25) is 0 Å². The number of rotatable bonds is 4. The first-order valence-electron chi connectivity index (χ1n) is 6.90. The van der Waals surface area contributed by atoms with Crippen molar-refractivity contribution in [2.24, 2.45) is 0 Å². The van der Waals surface area contributed by atoms with Gasteiger partial charge in [0.15, 0.2) is 0 Å². The Balaban J connectivity index is 2.20. The molecule has 0 aliphatic carbocycles. The van der Waals surface area contributed by atoms with Gasteiger partial charge in [-0.05, 0) is 50.2 Å². The van der Waals surface area contributed by atoms with Gasteiger partial charge in [-0.3, -0.25) is 0 Å². The Labute approximate surface area is 121 Å². The van der Waals surface area contributed by atoms with Crippen LogP contribution < -0.4 is 11.1 Å². The lowest BCUT2D eigenvalue weighted by molar-refractivity contribution is 0.724. The zero-order valence-corrected chi connectivity index (χ0v) is 11.8. The molecule has 0 saturated carbocycles. The lowest BCUT2D eigenvalue weighted by Gasteiger charge is -2.04. The highest BCUT2D eigenvalue weighted by atomic mass is 14.8. The summed E-state index contributed by atoms with van der Waals surface area (Å²) in [6.07, 6.45) is 2.15. The third-order valence-electron chi connectivity index (χ3n) is 3.18. The number of anilines is 1. The third kappa shape index (κ3) is 3.88. The van der Waals surface area contributed by atoms with E-state index in [1.165, 1.54) is 5.56 Å². The first-order valence-corrected chi connectivity index (χ1v) is 6.90. The Morgan fingerprint density at radius 2 is 1.60 bits per heavy atom. The number of nitrogen functional groups attached to an aromatic ring is 1. The monoisotopic (exact) mass is 264 g/mol. The van der Waals surface area contributed by atoms with E-state index >= 15 is 0 Å². The van der Waals surface area contributed by atoms with Crippen molar-refractivity contribution in [3.63, 3.8) is 0 Å². The van der Waals surface area contributed by atoms with Gasteiger partial charge in [-0.2, -0.15) is 0 Å². The van der Waals surface area contributed by atoms with Crippen LogP contribution in [0.15, 0.2) is 48.5 Å². The fourth-order valence-electron chi connectivity index (χ4n) is 2.06. The molecule has 0 fully saturated rings. The highest BCUT2D eigenvalue weighted by molar-refractivity contribution is 5.57. The van der Waals surface area contributed by atoms with E-state index in [0.717, 1.165) is 36.2 Å². The highest BCUT2D eigenvalue weighted by Crippen LogP contribution is 2.12. The summed E-state index contributed by atoms with van der Waals surface area (Å²) in [7, 11) is 1.98. The SMILES string of the molecule is CNCCCc1ccccc1C#Cc1ccccc1N. The molecule has 0 amide bonds. The molecule has 0 heterocycles. The van der Waals surface area contributed by atoms with Crippen molar-refractivity contribution in [2.75, 3.05) is 19.3 Å². The molecule has 102 valence electrons. The van der Waals surface area contributed by atoms with Crippen LogP contribution in [0, 0.1) is 11.8 Å².